The summed E-state index contributed by atoms with van der Waals surface area (Å²) < 4.78 is 0. The van der Waals surface area contributed by atoms with Crippen molar-refractivity contribution in [3.63, 3.8) is 0 Å². The lowest BCUT2D eigenvalue weighted by Crippen LogP contribution is -2.54. The number of aliphatic carboxylic acids is 1. The number of benzene rings is 1. The van der Waals surface area contributed by atoms with Crippen molar-refractivity contribution < 1.29 is 19.5 Å². The van der Waals surface area contributed by atoms with Gasteiger partial charge >= 0.3 is 12.0 Å². The highest BCUT2D eigenvalue weighted by Gasteiger charge is 2.57. The monoisotopic (exact) mass is 318 g/mol. The van der Waals surface area contributed by atoms with Gasteiger partial charge in [-0.25, -0.2) is 14.5 Å². The molecule has 1 fully saturated rings. The molecule has 0 bridgehead atoms. The molecule has 1 unspecified atom stereocenters. The molecular formula is C17H22N2O4. The first-order valence-corrected chi connectivity index (χ1v) is 7.56. The molecule has 23 heavy (non-hydrogen) atoms. The number of amides is 3. The average molecular weight is 318 g/mol. The van der Waals surface area contributed by atoms with E-state index in [4.69, 9.17) is 0 Å². The van der Waals surface area contributed by atoms with E-state index in [0.717, 1.165) is 16.0 Å². The van der Waals surface area contributed by atoms with Crippen LogP contribution in [0.15, 0.2) is 18.2 Å². The Morgan fingerprint density at radius 2 is 1.87 bits per heavy atom. The van der Waals surface area contributed by atoms with E-state index in [2.05, 4.69) is 5.32 Å². The van der Waals surface area contributed by atoms with Crippen molar-refractivity contribution >= 4 is 17.9 Å². The summed E-state index contributed by atoms with van der Waals surface area (Å²) in [6, 6.07) is 4.89. The molecule has 0 aliphatic carbocycles. The molecule has 0 spiro atoms. The standard InChI is InChI=1S/C17H22N2O4/c1-6-17(12-8-7-10(2)11(3)9-12)13(20)19(15(23)18-17)16(4,5)14(21)22/h7-9H,6H2,1-5H3,(H,18,23)(H,21,22). The zero-order chi connectivity index (χ0) is 17.6. The Morgan fingerprint density at radius 1 is 1.26 bits per heavy atom. The SMILES string of the molecule is CCC1(c2ccc(C)c(C)c2)NC(=O)N(C(C)(C)C(=O)O)C1=O. The Morgan fingerprint density at radius 3 is 2.35 bits per heavy atom. The molecule has 0 aromatic heterocycles. The van der Waals surface area contributed by atoms with Crippen molar-refractivity contribution in [3.8, 4) is 0 Å². The lowest BCUT2D eigenvalue weighted by atomic mass is 9.85. The van der Waals surface area contributed by atoms with E-state index in [9.17, 15) is 19.5 Å². The van der Waals surface area contributed by atoms with Crippen LogP contribution in [0.5, 0.6) is 0 Å². The summed E-state index contributed by atoms with van der Waals surface area (Å²) >= 11 is 0. The average Bonchev–Trinajstić information content (AvgIpc) is 2.73. The molecule has 124 valence electrons. The Balaban J connectivity index is 2.57. The number of aryl methyl sites for hydroxylation is 2. The number of nitrogens with zero attached hydrogens (tertiary/aromatic N) is 1. The first-order chi connectivity index (χ1) is 10.6. The second-order valence-corrected chi connectivity index (χ2v) is 6.49. The third-order valence-electron chi connectivity index (χ3n) is 4.70. The van der Waals surface area contributed by atoms with Crippen LogP contribution in [0.4, 0.5) is 4.79 Å². The first-order valence-electron chi connectivity index (χ1n) is 7.56. The summed E-state index contributed by atoms with van der Waals surface area (Å²) in [5.74, 6) is -1.76. The van der Waals surface area contributed by atoms with Gasteiger partial charge in [0.25, 0.3) is 5.91 Å². The van der Waals surface area contributed by atoms with E-state index in [1.54, 1.807) is 13.0 Å². The highest BCUT2D eigenvalue weighted by molar-refractivity contribution is 6.10. The molecule has 1 aliphatic rings. The van der Waals surface area contributed by atoms with Crippen molar-refractivity contribution in [2.45, 2.75) is 52.1 Å². The van der Waals surface area contributed by atoms with Crippen LogP contribution < -0.4 is 5.32 Å². The number of urea groups is 1. The maximum absolute atomic E-state index is 13.0. The smallest absolute Gasteiger partial charge is 0.329 e. The number of nitrogens with one attached hydrogen (secondary N) is 1. The molecule has 6 heteroatoms. The van der Waals surface area contributed by atoms with Gasteiger partial charge in [0, 0.05) is 0 Å². The third-order valence-corrected chi connectivity index (χ3v) is 4.70. The number of carboxylic acid groups (broad SMARTS) is 1. The van der Waals surface area contributed by atoms with Gasteiger partial charge in [-0.3, -0.25) is 4.79 Å². The predicted molar refractivity (Wildman–Crippen MR) is 85.0 cm³/mol. The van der Waals surface area contributed by atoms with Gasteiger partial charge in [0.1, 0.15) is 11.1 Å². The van der Waals surface area contributed by atoms with Gasteiger partial charge in [-0.1, -0.05) is 25.1 Å². The predicted octanol–water partition coefficient (Wildman–Crippen LogP) is 2.32. The van der Waals surface area contributed by atoms with Crippen LogP contribution in [0, 0.1) is 13.8 Å². The molecule has 1 saturated heterocycles. The van der Waals surface area contributed by atoms with Gasteiger partial charge < -0.3 is 10.4 Å². The maximum atomic E-state index is 13.0. The minimum atomic E-state index is -1.61. The van der Waals surface area contributed by atoms with E-state index in [0.29, 0.717) is 12.0 Å². The fourth-order valence-corrected chi connectivity index (χ4v) is 2.82. The largest absolute Gasteiger partial charge is 0.480 e. The second kappa shape index (κ2) is 5.37. The molecule has 0 saturated carbocycles. The molecule has 1 heterocycles. The number of hydrogen-bond donors (Lipinski definition) is 2. The normalized spacial score (nSPS) is 21.5. The Hall–Kier alpha value is -2.37. The number of carbonyl (C=O) groups excluding carboxylic acids is 2. The number of rotatable bonds is 4. The molecule has 2 rings (SSSR count). The molecule has 1 aromatic carbocycles. The Kier molecular flexibility index (Phi) is 3.96. The van der Waals surface area contributed by atoms with Crippen molar-refractivity contribution in [3.05, 3.63) is 34.9 Å². The number of carboxylic acids is 1. The maximum Gasteiger partial charge on any atom is 0.329 e. The fourth-order valence-electron chi connectivity index (χ4n) is 2.82. The molecule has 1 atom stereocenters. The highest BCUT2D eigenvalue weighted by Crippen LogP contribution is 2.36. The second-order valence-electron chi connectivity index (χ2n) is 6.49. The van der Waals surface area contributed by atoms with Crippen LogP contribution in [0.2, 0.25) is 0 Å². The summed E-state index contributed by atoms with van der Waals surface area (Å²) in [7, 11) is 0. The Labute approximate surface area is 135 Å². The van der Waals surface area contributed by atoms with E-state index >= 15 is 0 Å². The van der Waals surface area contributed by atoms with Gasteiger partial charge in [0.2, 0.25) is 0 Å². The minimum Gasteiger partial charge on any atom is -0.480 e. The molecule has 1 aliphatic heterocycles. The Bertz CT molecular complexity index is 696. The van der Waals surface area contributed by atoms with Crippen molar-refractivity contribution in [2.75, 3.05) is 0 Å². The fraction of sp³-hybridized carbons (Fsp3) is 0.471. The third kappa shape index (κ3) is 2.38. The van der Waals surface area contributed by atoms with Crippen LogP contribution in [0.25, 0.3) is 0 Å². The van der Waals surface area contributed by atoms with Crippen molar-refractivity contribution in [1.29, 1.82) is 0 Å². The summed E-state index contributed by atoms with van der Waals surface area (Å²) in [6.07, 6.45) is 0.340. The molecular weight excluding hydrogens is 296 g/mol. The molecule has 1 aromatic rings. The van der Waals surface area contributed by atoms with Gasteiger partial charge in [-0.2, -0.15) is 0 Å². The molecule has 3 amide bonds. The van der Waals surface area contributed by atoms with E-state index in [-0.39, 0.29) is 0 Å². The van der Waals surface area contributed by atoms with Gasteiger partial charge in [0.05, 0.1) is 0 Å². The highest BCUT2D eigenvalue weighted by atomic mass is 16.4. The lowest BCUT2D eigenvalue weighted by Gasteiger charge is -2.31. The zero-order valence-electron chi connectivity index (χ0n) is 14.1. The van der Waals surface area contributed by atoms with Crippen LogP contribution >= 0.6 is 0 Å². The summed E-state index contributed by atoms with van der Waals surface area (Å²) in [5, 5.41) is 12.1. The van der Waals surface area contributed by atoms with Gasteiger partial charge in [0.15, 0.2) is 0 Å². The van der Waals surface area contributed by atoms with Crippen molar-refractivity contribution in [2.24, 2.45) is 0 Å². The van der Waals surface area contributed by atoms with E-state index in [1.807, 2.05) is 26.0 Å². The number of imide groups is 1. The molecule has 2 N–H and O–H groups in total. The van der Waals surface area contributed by atoms with Crippen LogP contribution in [0.3, 0.4) is 0 Å². The topological polar surface area (TPSA) is 86.7 Å². The van der Waals surface area contributed by atoms with Crippen LogP contribution in [-0.2, 0) is 15.1 Å². The van der Waals surface area contributed by atoms with E-state index in [1.165, 1.54) is 13.8 Å². The summed E-state index contributed by atoms with van der Waals surface area (Å²) in [5.41, 5.74) is -0.0712. The summed E-state index contributed by atoms with van der Waals surface area (Å²) in [6.45, 7) is 8.39. The van der Waals surface area contributed by atoms with Gasteiger partial charge in [-0.15, -0.1) is 0 Å². The zero-order valence-corrected chi connectivity index (χ0v) is 14.1. The molecule has 0 radical (unpaired) electrons. The first kappa shape index (κ1) is 17.0. The quantitative estimate of drug-likeness (QED) is 0.834. The minimum absolute atomic E-state index is 0.340. The number of carbonyl (C=O) groups is 3. The summed E-state index contributed by atoms with van der Waals surface area (Å²) in [4.78, 5) is 37.6. The van der Waals surface area contributed by atoms with Crippen molar-refractivity contribution in [1.82, 2.24) is 10.2 Å². The van der Waals surface area contributed by atoms with E-state index < -0.39 is 29.0 Å². The van der Waals surface area contributed by atoms with Crippen LogP contribution in [-0.4, -0.2) is 33.5 Å². The molecule has 6 nitrogen and oxygen atoms in total. The van der Waals surface area contributed by atoms with Gasteiger partial charge in [-0.05, 0) is 50.8 Å². The lowest BCUT2D eigenvalue weighted by molar-refractivity contribution is -0.153. The number of hydrogen-bond acceptors (Lipinski definition) is 3. The van der Waals surface area contributed by atoms with Crippen LogP contribution in [0.1, 0.15) is 43.9 Å².